The van der Waals surface area contributed by atoms with Gasteiger partial charge in [-0.1, -0.05) is 32.4 Å². The maximum atomic E-state index is 13.4. The number of carbonyl (C=O) groups excluding carboxylic acids is 1. The molecular formula is C25H31N3O4S. The van der Waals surface area contributed by atoms with Crippen molar-refractivity contribution in [2.75, 3.05) is 11.5 Å². The summed E-state index contributed by atoms with van der Waals surface area (Å²) in [5, 5.41) is 13.8. The van der Waals surface area contributed by atoms with Crippen LogP contribution in [-0.4, -0.2) is 32.5 Å². The Morgan fingerprint density at radius 1 is 1.33 bits per heavy atom. The minimum atomic E-state index is -0.710. The smallest absolute Gasteiger partial charge is 0.227 e. The Morgan fingerprint density at radius 2 is 2.06 bits per heavy atom. The highest BCUT2D eigenvalue weighted by molar-refractivity contribution is 7.99. The van der Waals surface area contributed by atoms with Crippen molar-refractivity contribution in [3.8, 4) is 5.75 Å². The van der Waals surface area contributed by atoms with E-state index in [1.54, 1.807) is 18.7 Å². The van der Waals surface area contributed by atoms with E-state index in [2.05, 4.69) is 24.1 Å². The van der Waals surface area contributed by atoms with E-state index in [4.69, 9.17) is 9.40 Å². The third kappa shape index (κ3) is 4.81. The summed E-state index contributed by atoms with van der Waals surface area (Å²) in [5.74, 6) is 2.73. The first-order valence-corrected chi connectivity index (χ1v) is 12.6. The van der Waals surface area contributed by atoms with Crippen LogP contribution < -0.4 is 10.7 Å². The Hall–Kier alpha value is -2.74. The Labute approximate surface area is 197 Å². The average Bonchev–Trinajstić information content (AvgIpc) is 3.24. The molecule has 3 heterocycles. The van der Waals surface area contributed by atoms with Gasteiger partial charge in [-0.25, -0.2) is 4.98 Å². The third-order valence-electron chi connectivity index (χ3n) is 6.71. The zero-order valence-electron chi connectivity index (χ0n) is 19.3. The largest absolute Gasteiger partial charge is 0.502 e. The Bertz CT molecular complexity index is 1160. The molecule has 1 amide bonds. The molecule has 0 aliphatic carbocycles. The summed E-state index contributed by atoms with van der Waals surface area (Å²) in [6.07, 6.45) is 2.32. The number of thioether (sulfide) groups is 1. The predicted octanol–water partition coefficient (Wildman–Crippen LogP) is 4.59. The van der Waals surface area contributed by atoms with E-state index < -0.39 is 10.8 Å². The van der Waals surface area contributed by atoms with Crippen molar-refractivity contribution in [1.82, 2.24) is 15.3 Å². The second-order valence-corrected chi connectivity index (χ2v) is 10.3. The number of aromatic nitrogens is 2. The lowest BCUT2D eigenvalue weighted by Crippen LogP contribution is -2.41. The summed E-state index contributed by atoms with van der Waals surface area (Å²) in [7, 11) is 0. The minimum absolute atomic E-state index is 0.140. The molecule has 2 aromatic heterocycles. The van der Waals surface area contributed by atoms with Crippen LogP contribution in [0.25, 0.3) is 11.0 Å². The fourth-order valence-corrected chi connectivity index (χ4v) is 5.85. The molecule has 176 valence electrons. The fourth-order valence-electron chi connectivity index (χ4n) is 4.58. The number of aromatic hydroxyl groups is 1. The number of fused-ring (bicyclic) bond motifs is 1. The Morgan fingerprint density at radius 3 is 2.76 bits per heavy atom. The van der Waals surface area contributed by atoms with Crippen molar-refractivity contribution in [3.05, 3.63) is 57.9 Å². The third-order valence-corrected chi connectivity index (χ3v) is 7.69. The number of hydrogen-bond donors (Lipinski definition) is 3. The molecule has 0 spiro atoms. The molecule has 0 radical (unpaired) electrons. The maximum Gasteiger partial charge on any atom is 0.227 e. The molecule has 1 aromatic carbocycles. The quantitative estimate of drug-likeness (QED) is 0.467. The predicted molar refractivity (Wildman–Crippen MR) is 131 cm³/mol. The van der Waals surface area contributed by atoms with E-state index in [1.807, 2.05) is 24.3 Å². The molecule has 2 atom stereocenters. The molecule has 0 saturated carbocycles. The maximum absolute atomic E-state index is 13.4. The van der Waals surface area contributed by atoms with Crippen molar-refractivity contribution in [2.45, 2.75) is 57.9 Å². The molecule has 0 bridgehead atoms. The summed E-state index contributed by atoms with van der Waals surface area (Å²) in [4.78, 5) is 33.8. The lowest BCUT2D eigenvalue weighted by atomic mass is 9.75. The normalized spacial score (nSPS) is 17.5. The molecular weight excluding hydrogens is 438 g/mol. The van der Waals surface area contributed by atoms with Gasteiger partial charge in [-0.2, -0.15) is 11.8 Å². The molecule has 1 fully saturated rings. The standard InChI is InChI=1S/C25H31N3O4S/c1-4-15(2)21(24-26-17-7-5-6-8-18(17)27-24)28-20(30)14-25(9-11-33-12-10-25)23-22(31)19(29)13-16(3)32-23/h5-8,13,15,21,31H,4,9-12,14H2,1-3H3,(H,26,27)(H,28,30). The van der Waals surface area contributed by atoms with Gasteiger partial charge < -0.3 is 19.8 Å². The van der Waals surface area contributed by atoms with E-state index in [-0.39, 0.29) is 35.8 Å². The van der Waals surface area contributed by atoms with Crippen LogP contribution in [0.15, 0.2) is 39.5 Å². The van der Waals surface area contributed by atoms with Gasteiger partial charge in [0.15, 0.2) is 5.76 Å². The van der Waals surface area contributed by atoms with Crippen LogP contribution in [0.2, 0.25) is 0 Å². The van der Waals surface area contributed by atoms with Crippen molar-refractivity contribution < 1.29 is 14.3 Å². The second kappa shape index (κ2) is 9.63. The summed E-state index contributed by atoms with van der Waals surface area (Å²) in [6.45, 7) is 5.87. The summed E-state index contributed by atoms with van der Waals surface area (Å²) >= 11 is 1.81. The molecule has 3 aromatic rings. The number of nitrogens with one attached hydrogen (secondary N) is 2. The molecule has 1 saturated heterocycles. The van der Waals surface area contributed by atoms with Gasteiger partial charge in [-0.3, -0.25) is 9.59 Å². The Balaban J connectivity index is 1.64. The second-order valence-electron chi connectivity index (χ2n) is 9.04. The van der Waals surface area contributed by atoms with Gasteiger partial charge in [0.05, 0.1) is 17.1 Å². The van der Waals surface area contributed by atoms with Gasteiger partial charge >= 0.3 is 0 Å². The highest BCUT2D eigenvalue weighted by Crippen LogP contribution is 2.44. The molecule has 2 unspecified atom stereocenters. The van der Waals surface area contributed by atoms with Crippen molar-refractivity contribution in [1.29, 1.82) is 0 Å². The van der Waals surface area contributed by atoms with Crippen molar-refractivity contribution in [2.24, 2.45) is 5.92 Å². The highest BCUT2D eigenvalue weighted by Gasteiger charge is 2.42. The number of aromatic amines is 1. The number of imidazole rings is 1. The van der Waals surface area contributed by atoms with Gasteiger partial charge in [0, 0.05) is 17.9 Å². The lowest BCUT2D eigenvalue weighted by molar-refractivity contribution is -0.124. The van der Waals surface area contributed by atoms with Crippen LogP contribution in [0.1, 0.15) is 62.9 Å². The monoisotopic (exact) mass is 469 g/mol. The zero-order valence-corrected chi connectivity index (χ0v) is 20.1. The van der Waals surface area contributed by atoms with E-state index >= 15 is 0 Å². The fraction of sp³-hybridized carbons (Fsp3) is 0.480. The van der Waals surface area contributed by atoms with Gasteiger partial charge in [0.1, 0.15) is 11.6 Å². The van der Waals surface area contributed by atoms with Crippen LogP contribution in [0, 0.1) is 12.8 Å². The van der Waals surface area contributed by atoms with E-state index in [0.717, 1.165) is 34.8 Å². The molecule has 7 nitrogen and oxygen atoms in total. The number of amides is 1. The summed E-state index contributed by atoms with van der Waals surface area (Å²) in [6, 6.07) is 8.82. The van der Waals surface area contributed by atoms with Crippen molar-refractivity contribution >= 4 is 28.7 Å². The lowest BCUT2D eigenvalue weighted by Gasteiger charge is -2.36. The number of rotatable bonds is 7. The van der Waals surface area contributed by atoms with Crippen molar-refractivity contribution in [3.63, 3.8) is 0 Å². The van der Waals surface area contributed by atoms with Gasteiger partial charge in [-0.05, 0) is 49.3 Å². The molecule has 33 heavy (non-hydrogen) atoms. The first kappa shape index (κ1) is 23.4. The first-order chi connectivity index (χ1) is 15.8. The van der Waals surface area contributed by atoms with Gasteiger partial charge in [0.25, 0.3) is 0 Å². The molecule has 1 aliphatic heterocycles. The Kier molecular flexibility index (Phi) is 6.83. The average molecular weight is 470 g/mol. The van der Waals surface area contributed by atoms with Crippen LogP contribution in [0.3, 0.4) is 0 Å². The van der Waals surface area contributed by atoms with Gasteiger partial charge in [0.2, 0.25) is 17.1 Å². The number of carbonyl (C=O) groups is 1. The summed E-state index contributed by atoms with van der Waals surface area (Å²) < 4.78 is 5.87. The highest BCUT2D eigenvalue weighted by atomic mass is 32.2. The molecule has 8 heteroatoms. The van der Waals surface area contributed by atoms with Crippen LogP contribution in [0.4, 0.5) is 0 Å². The van der Waals surface area contributed by atoms with Crippen LogP contribution in [-0.2, 0) is 10.2 Å². The molecule has 4 rings (SSSR count). The number of H-pyrrole nitrogens is 1. The zero-order chi connectivity index (χ0) is 23.6. The number of aryl methyl sites for hydroxylation is 1. The first-order valence-electron chi connectivity index (χ1n) is 11.5. The SMILES string of the molecule is CCC(C)C(NC(=O)CC1(c2oc(C)cc(=O)c2O)CCSCC1)c1nc2ccccc2[nH]1. The number of hydrogen-bond acceptors (Lipinski definition) is 6. The van der Waals surface area contributed by atoms with E-state index in [0.29, 0.717) is 18.6 Å². The number of nitrogens with zero attached hydrogens (tertiary/aromatic N) is 1. The summed E-state index contributed by atoms with van der Waals surface area (Å²) in [5.41, 5.74) is 0.620. The molecule has 1 aliphatic rings. The topological polar surface area (TPSA) is 108 Å². The van der Waals surface area contributed by atoms with Crippen LogP contribution >= 0.6 is 11.8 Å². The van der Waals surface area contributed by atoms with E-state index in [9.17, 15) is 14.7 Å². The van der Waals surface area contributed by atoms with E-state index in [1.165, 1.54) is 6.07 Å². The minimum Gasteiger partial charge on any atom is -0.502 e. The van der Waals surface area contributed by atoms with Gasteiger partial charge in [-0.15, -0.1) is 0 Å². The number of benzene rings is 1. The van der Waals surface area contributed by atoms with Crippen LogP contribution in [0.5, 0.6) is 5.75 Å². The molecule has 3 N–H and O–H groups in total. The number of para-hydroxylation sites is 2.